The molecule has 0 aromatic heterocycles. The van der Waals surface area contributed by atoms with E-state index in [1.54, 1.807) is 0 Å². The Bertz CT molecular complexity index is 496. The van der Waals surface area contributed by atoms with Gasteiger partial charge in [-0.25, -0.2) is 0 Å². The molecule has 0 spiro atoms. The summed E-state index contributed by atoms with van der Waals surface area (Å²) in [6, 6.07) is 18.3. The van der Waals surface area contributed by atoms with Crippen molar-refractivity contribution in [2.75, 3.05) is 0 Å². The molecule has 2 aromatic carbocycles. The lowest BCUT2D eigenvalue weighted by molar-refractivity contribution is 0.795. The predicted octanol–water partition coefficient (Wildman–Crippen LogP) is 4.03. The first kappa shape index (κ1) is 16.0. The third kappa shape index (κ3) is 5.51. The summed E-state index contributed by atoms with van der Waals surface area (Å²) < 4.78 is 0. The zero-order valence-electron chi connectivity index (χ0n) is 13.4. The fourth-order valence-corrected chi connectivity index (χ4v) is 3.75. The topological polar surface area (TPSA) is 0 Å². The lowest BCUT2D eigenvalue weighted by Crippen LogP contribution is -2.27. The highest BCUT2D eigenvalue weighted by Gasteiger charge is 2.01. The van der Waals surface area contributed by atoms with Gasteiger partial charge in [-0.05, 0) is 36.8 Å². The molecule has 1 heteroatoms. The molecule has 2 rings (SSSR count). The van der Waals surface area contributed by atoms with Crippen molar-refractivity contribution in [2.45, 2.75) is 52.4 Å². The van der Waals surface area contributed by atoms with Crippen molar-refractivity contribution in [2.24, 2.45) is 0 Å². The molecule has 0 N–H and O–H groups in total. The largest absolute Gasteiger partial charge is 0.121 e. The van der Waals surface area contributed by atoms with Gasteiger partial charge in [0.25, 0.3) is 0 Å². The van der Waals surface area contributed by atoms with Gasteiger partial charge in [0.1, 0.15) is 9.52 Å². The van der Waals surface area contributed by atoms with Gasteiger partial charge in [-0.15, -0.1) is 0 Å². The van der Waals surface area contributed by atoms with Gasteiger partial charge in [0.05, 0.1) is 0 Å². The maximum absolute atomic E-state index is 2.40. The number of unbranched alkanes of at least 4 members (excludes halogenated alkanes) is 2. The highest BCUT2D eigenvalue weighted by Crippen LogP contribution is 2.04. The van der Waals surface area contributed by atoms with Crippen molar-refractivity contribution in [1.82, 2.24) is 0 Å². The first-order valence-corrected chi connectivity index (χ1v) is 9.26. The van der Waals surface area contributed by atoms with Crippen LogP contribution in [0.15, 0.2) is 48.5 Å². The SMILES string of the molecule is CCCCc1cccc([Si]c2cccc(CCCC)c2)c1. The van der Waals surface area contributed by atoms with Crippen molar-refractivity contribution >= 4 is 19.9 Å². The molecule has 0 aliphatic carbocycles. The highest BCUT2D eigenvalue weighted by molar-refractivity contribution is 6.67. The third-order valence-electron chi connectivity index (χ3n) is 3.78. The van der Waals surface area contributed by atoms with E-state index in [1.807, 2.05) is 0 Å². The van der Waals surface area contributed by atoms with Crippen LogP contribution in [0.25, 0.3) is 0 Å². The molecule has 0 aliphatic heterocycles. The summed E-state index contributed by atoms with van der Waals surface area (Å²) in [6.07, 6.45) is 7.55. The monoisotopic (exact) mass is 294 g/mol. The van der Waals surface area contributed by atoms with Crippen molar-refractivity contribution < 1.29 is 0 Å². The molecule has 0 atom stereocenters. The van der Waals surface area contributed by atoms with E-state index in [1.165, 1.54) is 60.0 Å². The number of benzene rings is 2. The summed E-state index contributed by atoms with van der Waals surface area (Å²) in [5, 5.41) is 2.94. The van der Waals surface area contributed by atoms with E-state index in [-0.39, 0.29) is 0 Å². The van der Waals surface area contributed by atoms with E-state index in [9.17, 15) is 0 Å². The molecule has 110 valence electrons. The summed E-state index contributed by atoms with van der Waals surface area (Å²) >= 11 is 0. The van der Waals surface area contributed by atoms with Gasteiger partial charge in [-0.2, -0.15) is 0 Å². The Balaban J connectivity index is 2.03. The molecule has 0 saturated heterocycles. The van der Waals surface area contributed by atoms with Crippen LogP contribution in [0.2, 0.25) is 0 Å². The summed E-state index contributed by atoms with van der Waals surface area (Å²) in [5.41, 5.74) is 2.98. The highest BCUT2D eigenvalue weighted by atomic mass is 28.2. The van der Waals surface area contributed by atoms with Gasteiger partial charge in [0, 0.05) is 0 Å². The first-order chi connectivity index (χ1) is 10.3. The van der Waals surface area contributed by atoms with Crippen LogP contribution in [0, 0.1) is 0 Å². The van der Waals surface area contributed by atoms with Gasteiger partial charge in [0.15, 0.2) is 0 Å². The lowest BCUT2D eigenvalue weighted by Gasteiger charge is -2.06. The summed E-state index contributed by atoms with van der Waals surface area (Å²) in [5.74, 6) is 0. The van der Waals surface area contributed by atoms with Crippen LogP contribution in [0.3, 0.4) is 0 Å². The molecule has 0 fully saturated rings. The Morgan fingerprint density at radius 1 is 0.714 bits per heavy atom. The fraction of sp³-hybridized carbons (Fsp3) is 0.400. The van der Waals surface area contributed by atoms with Gasteiger partial charge in [-0.3, -0.25) is 0 Å². The average molecular weight is 295 g/mol. The number of aryl methyl sites for hydroxylation is 2. The van der Waals surface area contributed by atoms with E-state index >= 15 is 0 Å². The van der Waals surface area contributed by atoms with Crippen LogP contribution in [0.5, 0.6) is 0 Å². The molecular weight excluding hydrogens is 268 g/mol. The minimum atomic E-state index is 0.780. The van der Waals surface area contributed by atoms with Gasteiger partial charge >= 0.3 is 0 Å². The molecule has 0 nitrogen and oxygen atoms in total. The average Bonchev–Trinajstić information content (AvgIpc) is 2.52. The smallest absolute Gasteiger partial charge is 0.0654 e. The van der Waals surface area contributed by atoms with E-state index in [4.69, 9.17) is 0 Å². The standard InChI is InChI=1S/C20H26Si/c1-3-5-9-17-11-7-13-19(15-17)21-20-14-8-12-18(16-20)10-6-4-2/h7-8,11-16H,3-6,9-10H2,1-2H3. The molecule has 2 radical (unpaired) electrons. The second-order valence-electron chi connectivity index (χ2n) is 5.73. The van der Waals surface area contributed by atoms with Crippen molar-refractivity contribution in [3.05, 3.63) is 59.7 Å². The lowest BCUT2D eigenvalue weighted by atomic mass is 10.1. The molecular formula is C20H26Si. The molecule has 0 heterocycles. The zero-order chi connectivity index (χ0) is 14.9. The van der Waals surface area contributed by atoms with Crippen LogP contribution in [-0.4, -0.2) is 9.52 Å². The van der Waals surface area contributed by atoms with Gasteiger partial charge in [0.2, 0.25) is 0 Å². The number of rotatable bonds is 8. The summed E-state index contributed by atoms with van der Waals surface area (Å²) in [4.78, 5) is 0. The van der Waals surface area contributed by atoms with Crippen LogP contribution in [-0.2, 0) is 12.8 Å². The minimum Gasteiger partial charge on any atom is -0.0654 e. The zero-order valence-corrected chi connectivity index (χ0v) is 14.4. The van der Waals surface area contributed by atoms with Gasteiger partial charge in [-0.1, -0.05) is 85.6 Å². The Morgan fingerprint density at radius 2 is 1.19 bits per heavy atom. The van der Waals surface area contributed by atoms with Crippen molar-refractivity contribution in [3.8, 4) is 0 Å². The van der Waals surface area contributed by atoms with Crippen LogP contribution in [0.4, 0.5) is 0 Å². The Labute approximate surface area is 132 Å². The van der Waals surface area contributed by atoms with Crippen molar-refractivity contribution in [1.29, 1.82) is 0 Å². The van der Waals surface area contributed by atoms with E-state index in [2.05, 4.69) is 62.4 Å². The summed E-state index contributed by atoms with van der Waals surface area (Å²) in [6.45, 7) is 4.51. The third-order valence-corrected chi connectivity index (χ3v) is 4.98. The maximum Gasteiger partial charge on any atom is 0.121 e. The van der Waals surface area contributed by atoms with Gasteiger partial charge < -0.3 is 0 Å². The molecule has 2 aromatic rings. The molecule has 0 amide bonds. The van der Waals surface area contributed by atoms with Crippen LogP contribution < -0.4 is 10.4 Å². The Kier molecular flexibility index (Phi) is 6.75. The van der Waals surface area contributed by atoms with Crippen LogP contribution >= 0.6 is 0 Å². The van der Waals surface area contributed by atoms with E-state index in [0.29, 0.717) is 0 Å². The molecule has 0 saturated carbocycles. The molecule has 21 heavy (non-hydrogen) atoms. The minimum absolute atomic E-state index is 0.780. The maximum atomic E-state index is 2.40. The molecule has 0 bridgehead atoms. The normalized spacial score (nSPS) is 10.8. The second-order valence-corrected chi connectivity index (χ2v) is 7.14. The Hall–Kier alpha value is -1.34. The molecule has 0 aliphatic rings. The molecule has 0 unspecified atom stereocenters. The fourth-order valence-electron chi connectivity index (χ4n) is 2.54. The quantitative estimate of drug-likeness (QED) is 0.645. The first-order valence-electron chi connectivity index (χ1n) is 8.26. The number of hydrogen-bond acceptors (Lipinski definition) is 0. The Morgan fingerprint density at radius 3 is 1.62 bits per heavy atom. The second kappa shape index (κ2) is 8.84. The van der Waals surface area contributed by atoms with E-state index in [0.717, 1.165) is 9.52 Å². The number of hydrogen-bond donors (Lipinski definition) is 0. The van der Waals surface area contributed by atoms with E-state index < -0.39 is 0 Å². The van der Waals surface area contributed by atoms with Crippen LogP contribution in [0.1, 0.15) is 50.7 Å². The van der Waals surface area contributed by atoms with Crippen molar-refractivity contribution in [3.63, 3.8) is 0 Å². The predicted molar refractivity (Wildman–Crippen MR) is 95.1 cm³/mol. The summed E-state index contributed by atoms with van der Waals surface area (Å²) in [7, 11) is 0.780.